The van der Waals surface area contributed by atoms with Gasteiger partial charge in [0.15, 0.2) is 0 Å². The summed E-state index contributed by atoms with van der Waals surface area (Å²) >= 11 is 0. The smallest absolute Gasteiger partial charge is 0.254 e. The van der Waals surface area contributed by atoms with Crippen LogP contribution < -0.4 is 4.74 Å². The highest BCUT2D eigenvalue weighted by Crippen LogP contribution is 2.21. The van der Waals surface area contributed by atoms with Gasteiger partial charge in [0.1, 0.15) is 12.4 Å². The van der Waals surface area contributed by atoms with Crippen LogP contribution in [0.4, 0.5) is 0 Å². The van der Waals surface area contributed by atoms with Crippen molar-refractivity contribution in [3.8, 4) is 5.75 Å². The highest BCUT2D eigenvalue weighted by molar-refractivity contribution is 5.94. The van der Waals surface area contributed by atoms with Crippen LogP contribution in [0, 0.1) is 0 Å². The number of likely N-dealkylation sites (tertiary alicyclic amines) is 1. The van der Waals surface area contributed by atoms with Crippen molar-refractivity contribution in [1.82, 2.24) is 4.90 Å². The summed E-state index contributed by atoms with van der Waals surface area (Å²) in [6, 6.07) is 7.10. The molecule has 0 saturated carbocycles. The molecule has 4 nitrogen and oxygen atoms in total. The molecule has 2 rings (SSSR count). The molecule has 1 aromatic rings. The minimum Gasteiger partial charge on any atom is -0.489 e. The monoisotopic (exact) mass is 289 g/mol. The highest BCUT2D eigenvalue weighted by atomic mass is 16.5. The van der Waals surface area contributed by atoms with Gasteiger partial charge in [0.25, 0.3) is 5.91 Å². The van der Waals surface area contributed by atoms with Crippen LogP contribution in [0.1, 0.15) is 36.5 Å². The number of hydrogen-bond acceptors (Lipinski definition) is 3. The third-order valence-electron chi connectivity index (χ3n) is 3.69. The largest absolute Gasteiger partial charge is 0.489 e. The Morgan fingerprint density at radius 3 is 2.71 bits per heavy atom. The molecule has 0 radical (unpaired) electrons. The van der Waals surface area contributed by atoms with E-state index in [4.69, 9.17) is 4.74 Å². The van der Waals surface area contributed by atoms with E-state index in [0.29, 0.717) is 12.2 Å². The van der Waals surface area contributed by atoms with E-state index in [1.54, 1.807) is 29.2 Å². The van der Waals surface area contributed by atoms with Crippen LogP contribution in [0.3, 0.4) is 0 Å². The molecule has 1 aliphatic heterocycles. The molecule has 0 aliphatic carbocycles. The molecule has 1 aromatic carbocycles. The summed E-state index contributed by atoms with van der Waals surface area (Å²) in [5.74, 6) is 0.715. The second-order valence-electron chi connectivity index (χ2n) is 5.60. The number of piperidine rings is 1. The Labute approximate surface area is 126 Å². The summed E-state index contributed by atoms with van der Waals surface area (Å²) in [5, 5.41) is 9.40. The van der Waals surface area contributed by atoms with Gasteiger partial charge in [-0.3, -0.25) is 4.79 Å². The predicted octanol–water partition coefficient (Wildman–Crippen LogP) is 2.63. The minimum absolute atomic E-state index is 0.0137. The van der Waals surface area contributed by atoms with Crippen LogP contribution in [-0.2, 0) is 0 Å². The van der Waals surface area contributed by atoms with Crippen molar-refractivity contribution in [2.24, 2.45) is 0 Å². The molecule has 1 amide bonds. The van der Waals surface area contributed by atoms with Gasteiger partial charge in [-0.15, -0.1) is 0 Å². The van der Waals surface area contributed by atoms with Crippen molar-refractivity contribution >= 4 is 5.91 Å². The molecule has 0 spiro atoms. The number of benzene rings is 1. The van der Waals surface area contributed by atoms with Crippen LogP contribution in [0.5, 0.6) is 5.75 Å². The first-order valence-corrected chi connectivity index (χ1v) is 7.41. The van der Waals surface area contributed by atoms with E-state index >= 15 is 0 Å². The van der Waals surface area contributed by atoms with E-state index in [1.807, 2.05) is 6.92 Å². The third kappa shape index (κ3) is 4.08. The second-order valence-corrected chi connectivity index (χ2v) is 5.60. The van der Waals surface area contributed by atoms with Gasteiger partial charge < -0.3 is 14.7 Å². The molecule has 0 aromatic heterocycles. The van der Waals surface area contributed by atoms with Gasteiger partial charge in [0.05, 0.1) is 12.6 Å². The maximum atomic E-state index is 12.5. The topological polar surface area (TPSA) is 49.8 Å². The van der Waals surface area contributed by atoms with Crippen molar-refractivity contribution in [3.63, 3.8) is 0 Å². The number of nitrogens with zero attached hydrogens (tertiary/aromatic N) is 1. The van der Waals surface area contributed by atoms with Crippen LogP contribution in [0.15, 0.2) is 36.4 Å². The molecule has 1 fully saturated rings. The molecule has 21 heavy (non-hydrogen) atoms. The second kappa shape index (κ2) is 7.27. The van der Waals surface area contributed by atoms with Crippen molar-refractivity contribution in [3.05, 3.63) is 42.0 Å². The lowest BCUT2D eigenvalue weighted by molar-refractivity contribution is 0.0503. The molecule has 4 heteroatoms. The molecular weight excluding hydrogens is 266 g/mol. The molecule has 1 atom stereocenters. The molecule has 0 unspecified atom stereocenters. The van der Waals surface area contributed by atoms with Crippen molar-refractivity contribution in [2.45, 2.75) is 32.2 Å². The van der Waals surface area contributed by atoms with E-state index < -0.39 is 0 Å². The Balaban J connectivity index is 2.03. The molecule has 1 aliphatic rings. The molecule has 1 heterocycles. The zero-order valence-corrected chi connectivity index (χ0v) is 12.5. The molecule has 0 bridgehead atoms. The summed E-state index contributed by atoms with van der Waals surface area (Å²) in [6.07, 6.45) is 2.95. The number of carbonyl (C=O) groups excluding carboxylic acids is 1. The SMILES string of the molecule is C=C(C)COc1ccc(C(=O)N2CCCC[C@H]2CO)cc1. The van der Waals surface area contributed by atoms with Crippen LogP contribution >= 0.6 is 0 Å². The Kier molecular flexibility index (Phi) is 5.39. The van der Waals surface area contributed by atoms with E-state index in [1.165, 1.54) is 0 Å². The molecule has 1 saturated heterocycles. The summed E-state index contributed by atoms with van der Waals surface area (Å²) in [6.45, 7) is 6.92. The highest BCUT2D eigenvalue weighted by Gasteiger charge is 2.26. The number of hydrogen-bond donors (Lipinski definition) is 1. The first kappa shape index (κ1) is 15.6. The normalized spacial score (nSPS) is 18.4. The fourth-order valence-electron chi connectivity index (χ4n) is 2.52. The predicted molar refractivity (Wildman–Crippen MR) is 82.5 cm³/mol. The van der Waals surface area contributed by atoms with Gasteiger partial charge in [0.2, 0.25) is 0 Å². The first-order chi connectivity index (χ1) is 10.1. The van der Waals surface area contributed by atoms with Crippen LogP contribution in [0.25, 0.3) is 0 Å². The van der Waals surface area contributed by atoms with Crippen LogP contribution in [-0.4, -0.2) is 41.7 Å². The number of rotatable bonds is 5. The van der Waals surface area contributed by atoms with Crippen LogP contribution in [0.2, 0.25) is 0 Å². The maximum absolute atomic E-state index is 12.5. The maximum Gasteiger partial charge on any atom is 0.254 e. The quantitative estimate of drug-likeness (QED) is 0.848. The Hall–Kier alpha value is -1.81. The Morgan fingerprint density at radius 2 is 2.10 bits per heavy atom. The zero-order chi connectivity index (χ0) is 15.2. The Morgan fingerprint density at radius 1 is 1.38 bits per heavy atom. The Bertz CT molecular complexity index is 495. The summed E-state index contributed by atoms with van der Waals surface area (Å²) < 4.78 is 5.53. The van der Waals surface area contributed by atoms with Crippen molar-refractivity contribution in [2.75, 3.05) is 19.8 Å². The van der Waals surface area contributed by atoms with Gasteiger partial charge >= 0.3 is 0 Å². The number of carbonyl (C=O) groups is 1. The molecule has 1 N–H and O–H groups in total. The van der Waals surface area contributed by atoms with E-state index in [2.05, 4.69) is 6.58 Å². The molecule has 114 valence electrons. The van der Waals surface area contributed by atoms with E-state index in [0.717, 1.165) is 37.1 Å². The average molecular weight is 289 g/mol. The number of aliphatic hydroxyl groups is 1. The lowest BCUT2D eigenvalue weighted by Gasteiger charge is -2.34. The van der Waals surface area contributed by atoms with Crippen molar-refractivity contribution < 1.29 is 14.6 Å². The van der Waals surface area contributed by atoms with E-state index in [-0.39, 0.29) is 18.6 Å². The van der Waals surface area contributed by atoms with Gasteiger partial charge in [0, 0.05) is 12.1 Å². The standard InChI is InChI=1S/C17H23NO3/c1-13(2)12-21-16-8-6-14(7-9-16)17(20)18-10-4-3-5-15(18)11-19/h6-9,15,19H,1,3-5,10-12H2,2H3/t15-/m0/s1. The lowest BCUT2D eigenvalue weighted by atomic mass is 10.0. The van der Waals surface area contributed by atoms with E-state index in [9.17, 15) is 9.90 Å². The fraction of sp³-hybridized carbons (Fsp3) is 0.471. The number of ether oxygens (including phenoxy) is 1. The lowest BCUT2D eigenvalue weighted by Crippen LogP contribution is -2.45. The minimum atomic E-state index is -0.0504. The van der Waals surface area contributed by atoms with Gasteiger partial charge in [-0.2, -0.15) is 0 Å². The van der Waals surface area contributed by atoms with Crippen molar-refractivity contribution in [1.29, 1.82) is 0 Å². The van der Waals surface area contributed by atoms with Gasteiger partial charge in [-0.05, 0) is 56.0 Å². The summed E-state index contributed by atoms with van der Waals surface area (Å²) in [4.78, 5) is 14.3. The van der Waals surface area contributed by atoms with Gasteiger partial charge in [-0.25, -0.2) is 0 Å². The number of aliphatic hydroxyl groups excluding tert-OH is 1. The third-order valence-corrected chi connectivity index (χ3v) is 3.69. The average Bonchev–Trinajstić information content (AvgIpc) is 2.52. The first-order valence-electron chi connectivity index (χ1n) is 7.41. The van der Waals surface area contributed by atoms with Gasteiger partial charge in [-0.1, -0.05) is 6.58 Å². The molecular formula is C17H23NO3. The number of amides is 1. The fourth-order valence-corrected chi connectivity index (χ4v) is 2.52. The summed E-state index contributed by atoms with van der Waals surface area (Å²) in [5.41, 5.74) is 1.59. The zero-order valence-electron chi connectivity index (χ0n) is 12.5. The summed E-state index contributed by atoms with van der Waals surface area (Å²) in [7, 11) is 0.